The number of nitriles is 1. The van der Waals surface area contributed by atoms with Crippen molar-refractivity contribution in [3.63, 3.8) is 0 Å². The average molecular weight is 410 g/mol. The van der Waals surface area contributed by atoms with Crippen molar-refractivity contribution in [3.8, 4) is 11.8 Å². The lowest BCUT2D eigenvalue weighted by molar-refractivity contribution is 0.292. The van der Waals surface area contributed by atoms with E-state index in [2.05, 4.69) is 18.7 Å². The van der Waals surface area contributed by atoms with E-state index in [1.54, 1.807) is 28.8 Å². The molecule has 2 aromatic rings. The number of rotatable bonds is 7. The van der Waals surface area contributed by atoms with Crippen molar-refractivity contribution in [3.05, 3.63) is 74.8 Å². The van der Waals surface area contributed by atoms with Crippen molar-refractivity contribution in [2.75, 3.05) is 19.6 Å². The second kappa shape index (κ2) is 9.14. The number of nitrogens with two attached hydrogens (primary N) is 1. The zero-order valence-electron chi connectivity index (χ0n) is 17.6. The molecule has 0 spiro atoms. The molecule has 6 nitrogen and oxygen atoms in total. The SMILES string of the molecule is CCN(CC)CCCn1c(C)cc2c(c1=O)C(c1ccccc1F)C(C#N)=C(N)O2. The summed E-state index contributed by atoms with van der Waals surface area (Å²) in [4.78, 5) is 15.8. The van der Waals surface area contributed by atoms with Gasteiger partial charge in [0.1, 0.15) is 23.2 Å². The van der Waals surface area contributed by atoms with E-state index in [9.17, 15) is 14.4 Å². The molecule has 30 heavy (non-hydrogen) atoms. The van der Waals surface area contributed by atoms with Crippen LogP contribution in [0.25, 0.3) is 0 Å². The molecule has 1 unspecified atom stereocenters. The fourth-order valence-electron chi connectivity index (χ4n) is 3.98. The molecule has 1 aliphatic rings. The van der Waals surface area contributed by atoms with Crippen LogP contribution in [0.1, 0.15) is 43.0 Å². The van der Waals surface area contributed by atoms with Gasteiger partial charge in [-0.1, -0.05) is 32.0 Å². The van der Waals surface area contributed by atoms with Crippen molar-refractivity contribution in [1.29, 1.82) is 5.26 Å². The van der Waals surface area contributed by atoms with E-state index in [1.807, 2.05) is 13.0 Å². The third-order valence-electron chi connectivity index (χ3n) is 5.66. The molecule has 1 atom stereocenters. The monoisotopic (exact) mass is 410 g/mol. The number of aromatic nitrogens is 1. The summed E-state index contributed by atoms with van der Waals surface area (Å²) < 4.78 is 21.9. The predicted octanol–water partition coefficient (Wildman–Crippen LogP) is 3.25. The highest BCUT2D eigenvalue weighted by Gasteiger charge is 2.35. The van der Waals surface area contributed by atoms with E-state index in [1.165, 1.54) is 6.07 Å². The average Bonchev–Trinajstić information content (AvgIpc) is 2.73. The third kappa shape index (κ3) is 3.96. The van der Waals surface area contributed by atoms with E-state index in [4.69, 9.17) is 10.5 Å². The molecule has 0 amide bonds. The molecule has 1 aromatic heterocycles. The zero-order chi connectivity index (χ0) is 21.8. The number of hydrogen-bond donors (Lipinski definition) is 1. The summed E-state index contributed by atoms with van der Waals surface area (Å²) in [6, 6.07) is 9.88. The van der Waals surface area contributed by atoms with Crippen LogP contribution in [0.3, 0.4) is 0 Å². The van der Waals surface area contributed by atoms with Crippen LogP contribution in [0.15, 0.2) is 46.6 Å². The molecule has 0 saturated heterocycles. The minimum atomic E-state index is -0.901. The lowest BCUT2D eigenvalue weighted by Gasteiger charge is -2.27. The number of ether oxygens (including phenoxy) is 1. The molecule has 1 aromatic carbocycles. The van der Waals surface area contributed by atoms with E-state index in [0.29, 0.717) is 6.54 Å². The summed E-state index contributed by atoms with van der Waals surface area (Å²) in [6.45, 7) is 9.35. The second-order valence-electron chi connectivity index (χ2n) is 7.35. The molecule has 1 aliphatic heterocycles. The Kier molecular flexibility index (Phi) is 6.58. The van der Waals surface area contributed by atoms with Gasteiger partial charge in [0.25, 0.3) is 5.56 Å². The second-order valence-corrected chi connectivity index (χ2v) is 7.35. The highest BCUT2D eigenvalue weighted by atomic mass is 19.1. The quantitative estimate of drug-likeness (QED) is 0.758. The lowest BCUT2D eigenvalue weighted by Crippen LogP contribution is -2.34. The van der Waals surface area contributed by atoms with Gasteiger partial charge in [-0.15, -0.1) is 0 Å². The zero-order valence-corrected chi connectivity index (χ0v) is 17.6. The largest absolute Gasteiger partial charge is 0.440 e. The van der Waals surface area contributed by atoms with Gasteiger partial charge >= 0.3 is 0 Å². The Balaban J connectivity index is 2.09. The van der Waals surface area contributed by atoms with Gasteiger partial charge in [-0.25, -0.2) is 4.39 Å². The first-order valence-corrected chi connectivity index (χ1v) is 10.2. The molecule has 3 rings (SSSR count). The fraction of sp³-hybridized carbons (Fsp3) is 0.391. The molecule has 2 N–H and O–H groups in total. The van der Waals surface area contributed by atoms with Crippen LogP contribution in [0, 0.1) is 24.1 Å². The van der Waals surface area contributed by atoms with Crippen molar-refractivity contribution < 1.29 is 9.13 Å². The first-order chi connectivity index (χ1) is 14.4. The number of aryl methyl sites for hydroxylation is 1. The van der Waals surface area contributed by atoms with Gasteiger partial charge in [0, 0.05) is 23.9 Å². The molecule has 0 radical (unpaired) electrons. The topological polar surface area (TPSA) is 84.3 Å². The molecule has 0 saturated carbocycles. The van der Waals surface area contributed by atoms with Gasteiger partial charge in [0.2, 0.25) is 5.88 Å². The van der Waals surface area contributed by atoms with E-state index in [-0.39, 0.29) is 33.9 Å². The van der Waals surface area contributed by atoms with Crippen molar-refractivity contribution in [2.24, 2.45) is 5.73 Å². The summed E-state index contributed by atoms with van der Waals surface area (Å²) in [5.41, 5.74) is 6.95. The van der Waals surface area contributed by atoms with Crippen LogP contribution >= 0.6 is 0 Å². The fourth-order valence-corrected chi connectivity index (χ4v) is 3.98. The van der Waals surface area contributed by atoms with Gasteiger partial charge in [0.15, 0.2) is 0 Å². The number of nitrogens with zero attached hydrogens (tertiary/aromatic N) is 3. The molecule has 2 heterocycles. The van der Waals surface area contributed by atoms with Crippen molar-refractivity contribution in [2.45, 2.75) is 39.7 Å². The number of hydrogen-bond acceptors (Lipinski definition) is 5. The number of fused-ring (bicyclic) bond motifs is 1. The van der Waals surface area contributed by atoms with Gasteiger partial charge < -0.3 is 19.9 Å². The molecular weight excluding hydrogens is 383 g/mol. The maximum absolute atomic E-state index is 14.7. The minimum absolute atomic E-state index is 0.0447. The highest BCUT2D eigenvalue weighted by molar-refractivity contribution is 5.55. The molecule has 0 fully saturated rings. The van der Waals surface area contributed by atoms with E-state index in [0.717, 1.165) is 31.7 Å². The van der Waals surface area contributed by atoms with Crippen molar-refractivity contribution >= 4 is 0 Å². The summed E-state index contributed by atoms with van der Waals surface area (Å²) in [7, 11) is 0. The molecule has 0 aliphatic carbocycles. The number of benzene rings is 1. The van der Waals surface area contributed by atoms with Gasteiger partial charge in [-0.3, -0.25) is 4.79 Å². The number of pyridine rings is 1. The van der Waals surface area contributed by atoms with Gasteiger partial charge in [-0.05, 0) is 39.0 Å². The van der Waals surface area contributed by atoms with Crippen LogP contribution in [0.4, 0.5) is 4.39 Å². The van der Waals surface area contributed by atoms with E-state index < -0.39 is 11.7 Å². The summed E-state index contributed by atoms with van der Waals surface area (Å²) in [6.07, 6.45) is 0.801. The van der Waals surface area contributed by atoms with Gasteiger partial charge in [0.05, 0.1) is 11.5 Å². The third-order valence-corrected chi connectivity index (χ3v) is 5.66. The maximum Gasteiger partial charge on any atom is 0.258 e. The van der Waals surface area contributed by atoms with Crippen molar-refractivity contribution in [1.82, 2.24) is 9.47 Å². The smallest absolute Gasteiger partial charge is 0.258 e. The molecular formula is C23H27FN4O2. The number of halogens is 1. The summed E-state index contributed by atoms with van der Waals surface area (Å²) >= 11 is 0. The molecule has 0 bridgehead atoms. The van der Waals surface area contributed by atoms with Gasteiger partial charge in [-0.2, -0.15) is 5.26 Å². The van der Waals surface area contributed by atoms with Crippen LogP contribution in [-0.2, 0) is 6.54 Å². The van der Waals surface area contributed by atoms with E-state index >= 15 is 0 Å². The Labute approximate surface area is 176 Å². The Morgan fingerprint density at radius 3 is 2.63 bits per heavy atom. The Morgan fingerprint density at radius 1 is 1.30 bits per heavy atom. The Morgan fingerprint density at radius 2 is 2.00 bits per heavy atom. The van der Waals surface area contributed by atoms with Crippen LogP contribution in [-0.4, -0.2) is 29.1 Å². The molecule has 7 heteroatoms. The first kappa shape index (κ1) is 21.6. The van der Waals surface area contributed by atoms with Crippen LogP contribution in [0.5, 0.6) is 5.75 Å². The highest BCUT2D eigenvalue weighted by Crippen LogP contribution is 2.41. The first-order valence-electron chi connectivity index (χ1n) is 10.2. The predicted molar refractivity (Wildman–Crippen MR) is 114 cm³/mol. The Bertz CT molecular complexity index is 1060. The minimum Gasteiger partial charge on any atom is -0.440 e. The number of allylic oxidation sites excluding steroid dienone is 1. The standard InChI is InChI=1S/C23H27FN4O2/c1-4-27(5-2)11-8-12-28-15(3)13-19-21(23(28)29)20(17(14-25)22(26)30-19)16-9-6-7-10-18(16)24/h6-7,9-10,13,20H,4-5,8,11-12,26H2,1-3H3. The normalized spacial score (nSPS) is 15.7. The maximum atomic E-state index is 14.7. The Hall–Kier alpha value is -3.11. The summed E-state index contributed by atoms with van der Waals surface area (Å²) in [5.74, 6) is -1.22. The lowest BCUT2D eigenvalue weighted by atomic mass is 9.83. The van der Waals surface area contributed by atoms with Crippen LogP contribution < -0.4 is 16.0 Å². The van der Waals surface area contributed by atoms with Crippen LogP contribution in [0.2, 0.25) is 0 Å². The summed E-state index contributed by atoms with van der Waals surface area (Å²) in [5, 5.41) is 9.68. The molecule has 158 valence electrons.